The van der Waals surface area contributed by atoms with Crippen molar-refractivity contribution in [2.45, 2.75) is 11.8 Å². The Kier molecular flexibility index (Phi) is 4.02. The summed E-state index contributed by atoms with van der Waals surface area (Å²) in [5, 5.41) is 11.8. The number of pyridine rings is 1. The van der Waals surface area contributed by atoms with Gasteiger partial charge in [-0.15, -0.1) is 0 Å². The minimum Gasteiger partial charge on any atom is -0.293 e. The lowest BCUT2D eigenvalue weighted by Crippen LogP contribution is -2.17. The molecule has 2 aromatic heterocycles. The molecular weight excluding hydrogens is 338 g/mol. The topological polar surface area (TPSA) is 115 Å². The van der Waals surface area contributed by atoms with Crippen LogP contribution in [0.3, 0.4) is 0 Å². The highest BCUT2D eigenvalue weighted by Crippen LogP contribution is 2.20. The molecule has 3 rings (SSSR count). The number of hydrogen-bond donors (Lipinski definition) is 2. The van der Waals surface area contributed by atoms with Crippen molar-refractivity contribution in [1.29, 1.82) is 10.0 Å². The molecule has 0 aliphatic heterocycles. The molecule has 0 spiro atoms. The third-order valence-corrected chi connectivity index (χ3v) is 4.91. The maximum Gasteiger partial charge on any atom is 0.280 e. The molecule has 7 nitrogen and oxygen atoms in total. The Hall–Kier alpha value is -3.18. The van der Waals surface area contributed by atoms with E-state index in [9.17, 15) is 9.00 Å². The molecule has 126 valence electrons. The van der Waals surface area contributed by atoms with E-state index in [0.717, 1.165) is 0 Å². The van der Waals surface area contributed by atoms with Crippen LogP contribution >= 0.6 is 0 Å². The predicted octanol–water partition coefficient (Wildman–Crippen LogP) is 2.44. The Morgan fingerprint density at radius 2 is 1.92 bits per heavy atom. The summed E-state index contributed by atoms with van der Waals surface area (Å²) in [6, 6.07) is 11.9. The number of rotatable bonds is 3. The molecule has 25 heavy (non-hydrogen) atoms. The Bertz CT molecular complexity index is 1130. The smallest absolute Gasteiger partial charge is 0.280 e. The first kappa shape index (κ1) is 16.7. The van der Waals surface area contributed by atoms with E-state index in [1.807, 2.05) is 6.07 Å². The minimum absolute atomic E-state index is 0.273. The van der Waals surface area contributed by atoms with Crippen LogP contribution in [0.15, 0.2) is 52.3 Å². The molecule has 0 fully saturated rings. The van der Waals surface area contributed by atoms with Gasteiger partial charge < -0.3 is 0 Å². The van der Waals surface area contributed by atoms with Gasteiger partial charge in [-0.25, -0.2) is 18.7 Å². The summed E-state index contributed by atoms with van der Waals surface area (Å²) < 4.78 is 20.6. The maximum absolute atomic E-state index is 12.8. The molecule has 0 bridgehead atoms. The lowest BCUT2D eigenvalue weighted by molar-refractivity contribution is 0.678. The molecule has 3 aromatic rings. The summed E-state index contributed by atoms with van der Waals surface area (Å²) in [5.74, 6) is 0.348. The van der Waals surface area contributed by atoms with Crippen molar-refractivity contribution in [3.63, 3.8) is 0 Å². The second-order valence-electron chi connectivity index (χ2n) is 5.64. The van der Waals surface area contributed by atoms with Crippen LogP contribution in [0.4, 0.5) is 0 Å². The fraction of sp³-hybridized carbons (Fsp3) is 0.118. The highest BCUT2D eigenvalue weighted by atomic mass is 32.2. The molecule has 1 aromatic carbocycles. The number of nitrogens with one attached hydrogen (secondary N) is 2. The maximum atomic E-state index is 12.8. The summed E-state index contributed by atoms with van der Waals surface area (Å²) in [7, 11) is -2.85. The van der Waals surface area contributed by atoms with Gasteiger partial charge in [0, 0.05) is 18.1 Å². The van der Waals surface area contributed by atoms with Crippen molar-refractivity contribution in [3.8, 4) is 23.0 Å². The molecule has 0 saturated carbocycles. The molecule has 8 heteroatoms. The van der Waals surface area contributed by atoms with E-state index in [4.69, 9.17) is 10.0 Å². The molecule has 0 saturated heterocycles. The van der Waals surface area contributed by atoms with Crippen LogP contribution in [0, 0.1) is 23.0 Å². The predicted molar refractivity (Wildman–Crippen MR) is 94.1 cm³/mol. The Labute approximate surface area is 144 Å². The number of aromatic amines is 1. The highest BCUT2D eigenvalue weighted by Gasteiger charge is 2.15. The number of nitriles is 1. The highest BCUT2D eigenvalue weighted by molar-refractivity contribution is 7.91. The molecule has 0 aliphatic carbocycles. The van der Waals surface area contributed by atoms with E-state index in [1.54, 1.807) is 37.3 Å². The Morgan fingerprint density at radius 1 is 1.24 bits per heavy atom. The number of aromatic nitrogens is 3. The van der Waals surface area contributed by atoms with E-state index >= 15 is 0 Å². The lowest BCUT2D eigenvalue weighted by Gasteiger charge is -2.03. The van der Waals surface area contributed by atoms with Crippen LogP contribution < -0.4 is 5.56 Å². The molecule has 0 aliphatic rings. The first-order valence-corrected chi connectivity index (χ1v) is 9.30. The zero-order valence-electron chi connectivity index (χ0n) is 13.6. The second kappa shape index (κ2) is 6.03. The van der Waals surface area contributed by atoms with Crippen molar-refractivity contribution < 1.29 is 4.21 Å². The molecular formula is C17H15N5O2S. The molecule has 2 heterocycles. The SMILES string of the molecule is Cc1[nH]n(-c2ccc([S@](C)(=N)=O)cn2)c(=O)c1-c1ccc(C#N)cc1. The third kappa shape index (κ3) is 3.09. The Balaban J connectivity index is 2.08. The van der Waals surface area contributed by atoms with Gasteiger partial charge in [0.1, 0.15) is 0 Å². The van der Waals surface area contributed by atoms with Crippen LogP contribution in [0.1, 0.15) is 11.3 Å². The molecule has 0 amide bonds. The van der Waals surface area contributed by atoms with Crippen LogP contribution in [0.2, 0.25) is 0 Å². The fourth-order valence-electron chi connectivity index (χ4n) is 2.49. The van der Waals surface area contributed by atoms with Gasteiger partial charge >= 0.3 is 0 Å². The van der Waals surface area contributed by atoms with Crippen LogP contribution in [0.5, 0.6) is 0 Å². The monoisotopic (exact) mass is 353 g/mol. The summed E-state index contributed by atoms with van der Waals surface area (Å²) >= 11 is 0. The van der Waals surface area contributed by atoms with Gasteiger partial charge in [-0.05, 0) is 36.8 Å². The fourth-order valence-corrected chi connectivity index (χ4v) is 3.08. The number of nitrogens with zero attached hydrogens (tertiary/aromatic N) is 3. The summed E-state index contributed by atoms with van der Waals surface area (Å²) in [5.41, 5.74) is 2.12. The standard InChI is InChI=1S/C17H15N5O2S/c1-11-16(13-5-3-12(9-18)4-6-13)17(23)22(21-11)15-8-7-14(10-20-15)25(2,19)24/h3-8,10,19,21H,1-2H3/t25-/m1/s1. The zero-order valence-corrected chi connectivity index (χ0v) is 14.4. The normalized spacial score (nSPS) is 13.2. The first-order chi connectivity index (χ1) is 11.8. The van der Waals surface area contributed by atoms with E-state index < -0.39 is 9.73 Å². The van der Waals surface area contributed by atoms with Crippen LogP contribution in [0.25, 0.3) is 16.9 Å². The number of aryl methyl sites for hydroxylation is 1. The minimum atomic E-state index is -2.85. The van der Waals surface area contributed by atoms with Crippen LogP contribution in [-0.2, 0) is 9.73 Å². The van der Waals surface area contributed by atoms with Gasteiger partial charge in [-0.3, -0.25) is 9.89 Å². The van der Waals surface area contributed by atoms with Crippen molar-refractivity contribution in [2.75, 3.05) is 6.26 Å². The third-order valence-electron chi connectivity index (χ3n) is 3.77. The second-order valence-corrected chi connectivity index (χ2v) is 7.80. The molecule has 1 atom stereocenters. The summed E-state index contributed by atoms with van der Waals surface area (Å²) in [4.78, 5) is 17.2. The van der Waals surface area contributed by atoms with Gasteiger partial charge in [0.05, 0.1) is 31.8 Å². The van der Waals surface area contributed by atoms with E-state index in [0.29, 0.717) is 33.1 Å². The van der Waals surface area contributed by atoms with Gasteiger partial charge in [-0.2, -0.15) is 5.26 Å². The van der Waals surface area contributed by atoms with Gasteiger partial charge in [0.2, 0.25) is 0 Å². The van der Waals surface area contributed by atoms with E-state index in [1.165, 1.54) is 23.2 Å². The number of H-pyrrole nitrogens is 1. The van der Waals surface area contributed by atoms with Gasteiger partial charge in [-0.1, -0.05) is 12.1 Å². The first-order valence-electron chi connectivity index (χ1n) is 7.33. The molecule has 2 N–H and O–H groups in total. The number of hydrogen-bond acceptors (Lipinski definition) is 5. The zero-order chi connectivity index (χ0) is 18.2. The van der Waals surface area contributed by atoms with Gasteiger partial charge in [0.15, 0.2) is 5.82 Å². The number of benzene rings is 1. The van der Waals surface area contributed by atoms with E-state index in [-0.39, 0.29) is 5.56 Å². The van der Waals surface area contributed by atoms with Crippen molar-refractivity contribution in [3.05, 3.63) is 64.2 Å². The average molecular weight is 353 g/mol. The van der Waals surface area contributed by atoms with Crippen LogP contribution in [-0.4, -0.2) is 25.2 Å². The Morgan fingerprint density at radius 3 is 2.44 bits per heavy atom. The largest absolute Gasteiger partial charge is 0.293 e. The summed E-state index contributed by atoms with van der Waals surface area (Å²) in [6.45, 7) is 1.78. The van der Waals surface area contributed by atoms with Crippen molar-refractivity contribution in [1.82, 2.24) is 14.8 Å². The quantitative estimate of drug-likeness (QED) is 0.752. The van der Waals surface area contributed by atoms with Crippen molar-refractivity contribution in [2.24, 2.45) is 0 Å². The van der Waals surface area contributed by atoms with E-state index in [2.05, 4.69) is 10.1 Å². The average Bonchev–Trinajstić information content (AvgIpc) is 2.89. The lowest BCUT2D eigenvalue weighted by atomic mass is 10.1. The molecule has 0 radical (unpaired) electrons. The summed E-state index contributed by atoms with van der Waals surface area (Å²) in [6.07, 6.45) is 2.66. The van der Waals surface area contributed by atoms with Crippen molar-refractivity contribution >= 4 is 9.73 Å². The molecule has 0 unspecified atom stereocenters. The van der Waals surface area contributed by atoms with Gasteiger partial charge in [0.25, 0.3) is 5.56 Å².